The van der Waals surface area contributed by atoms with Gasteiger partial charge in [0.1, 0.15) is 12.3 Å². The number of esters is 1. The highest BCUT2D eigenvalue weighted by Gasteiger charge is 2.38. The number of ether oxygens (including phenoxy) is 2. The normalized spacial score (nSPS) is 17.4. The summed E-state index contributed by atoms with van der Waals surface area (Å²) in [7, 11) is 0. The van der Waals surface area contributed by atoms with Gasteiger partial charge in [0.2, 0.25) is 11.9 Å². The number of halogens is 3. The first-order valence-corrected chi connectivity index (χ1v) is 12.0. The number of benzene rings is 1. The number of aromatic nitrogens is 2. The lowest BCUT2D eigenvalue weighted by atomic mass is 9.94. The Labute approximate surface area is 206 Å². The molecule has 1 amide bonds. The molecule has 4 rings (SSSR count). The first kappa shape index (κ1) is 25.6. The highest BCUT2D eigenvalue weighted by Crippen LogP contribution is 2.30. The van der Waals surface area contributed by atoms with Gasteiger partial charge in [-0.05, 0) is 36.1 Å². The van der Waals surface area contributed by atoms with E-state index in [1.165, 1.54) is 0 Å². The van der Waals surface area contributed by atoms with Crippen molar-refractivity contribution in [3.05, 3.63) is 41.2 Å². The fraction of sp³-hybridized carbons (Fsp3) is 0.542. The highest BCUT2D eigenvalue weighted by molar-refractivity contribution is 5.84. The molecular weight excluding hydrogens is 479 g/mol. The molecular formula is C24H30F3N5O4. The van der Waals surface area contributed by atoms with Crippen molar-refractivity contribution in [2.24, 2.45) is 5.92 Å². The highest BCUT2D eigenvalue weighted by atomic mass is 19.4. The van der Waals surface area contributed by atoms with Crippen LogP contribution in [-0.2, 0) is 33.7 Å². The SMILES string of the molecule is CCCOC(=O)C[C@@H]1Cc2ccc(OCCc3cn4c(n3)NCCN4)cc2CN(CC(F)(F)F)C1=O. The number of alkyl halides is 3. The number of nitrogens with zero attached hydrogens (tertiary/aromatic N) is 3. The molecule has 3 heterocycles. The molecule has 2 aliphatic rings. The number of hydrogen-bond acceptors (Lipinski definition) is 7. The van der Waals surface area contributed by atoms with E-state index in [4.69, 9.17) is 9.47 Å². The van der Waals surface area contributed by atoms with Gasteiger partial charge in [-0.3, -0.25) is 9.59 Å². The van der Waals surface area contributed by atoms with Crippen molar-refractivity contribution in [3.63, 3.8) is 0 Å². The molecule has 2 N–H and O–H groups in total. The Morgan fingerprint density at radius 2 is 2.06 bits per heavy atom. The van der Waals surface area contributed by atoms with Gasteiger partial charge in [-0.1, -0.05) is 13.0 Å². The number of amides is 1. The summed E-state index contributed by atoms with van der Waals surface area (Å²) in [6, 6.07) is 5.16. The van der Waals surface area contributed by atoms with Crippen LogP contribution in [0.2, 0.25) is 0 Å². The Hall–Kier alpha value is -3.44. The Morgan fingerprint density at radius 1 is 1.22 bits per heavy atom. The zero-order valence-electron chi connectivity index (χ0n) is 20.1. The second-order valence-electron chi connectivity index (χ2n) is 8.92. The molecule has 1 atom stereocenters. The molecule has 0 radical (unpaired) electrons. The van der Waals surface area contributed by atoms with E-state index in [0.717, 1.165) is 29.6 Å². The maximum absolute atomic E-state index is 13.2. The van der Waals surface area contributed by atoms with Crippen molar-refractivity contribution in [2.45, 2.75) is 45.3 Å². The van der Waals surface area contributed by atoms with E-state index in [9.17, 15) is 22.8 Å². The van der Waals surface area contributed by atoms with Crippen LogP contribution >= 0.6 is 0 Å². The third-order valence-electron chi connectivity index (χ3n) is 5.99. The van der Waals surface area contributed by atoms with E-state index in [1.54, 1.807) is 18.2 Å². The summed E-state index contributed by atoms with van der Waals surface area (Å²) in [5.74, 6) is -0.973. The Morgan fingerprint density at radius 3 is 2.81 bits per heavy atom. The Balaban J connectivity index is 1.45. The monoisotopic (exact) mass is 509 g/mol. The third kappa shape index (κ3) is 6.61. The zero-order valence-corrected chi connectivity index (χ0v) is 20.1. The largest absolute Gasteiger partial charge is 0.493 e. The van der Waals surface area contributed by atoms with Gasteiger partial charge in [-0.15, -0.1) is 0 Å². The maximum atomic E-state index is 13.2. The van der Waals surface area contributed by atoms with Crippen LogP contribution in [0.5, 0.6) is 5.75 Å². The van der Waals surface area contributed by atoms with Crippen molar-refractivity contribution >= 4 is 17.8 Å². The van der Waals surface area contributed by atoms with E-state index in [0.29, 0.717) is 36.3 Å². The van der Waals surface area contributed by atoms with E-state index in [-0.39, 0.29) is 26.0 Å². The molecule has 2 aromatic rings. The minimum atomic E-state index is -4.56. The molecule has 1 aromatic carbocycles. The van der Waals surface area contributed by atoms with Crippen LogP contribution in [0.4, 0.5) is 19.1 Å². The van der Waals surface area contributed by atoms with Gasteiger partial charge in [0.25, 0.3) is 0 Å². The van der Waals surface area contributed by atoms with Gasteiger partial charge in [0.15, 0.2) is 0 Å². The molecule has 0 unspecified atom stereocenters. The van der Waals surface area contributed by atoms with Crippen LogP contribution in [0, 0.1) is 5.92 Å². The van der Waals surface area contributed by atoms with Crippen LogP contribution in [0.1, 0.15) is 36.6 Å². The summed E-state index contributed by atoms with van der Waals surface area (Å²) < 4.78 is 52.5. The summed E-state index contributed by atoms with van der Waals surface area (Å²) in [4.78, 5) is 30.4. The molecule has 0 fully saturated rings. The van der Waals surface area contributed by atoms with Gasteiger partial charge in [0.05, 0.1) is 37.4 Å². The summed E-state index contributed by atoms with van der Waals surface area (Å²) >= 11 is 0. The number of anilines is 1. The van der Waals surface area contributed by atoms with Gasteiger partial charge in [-0.25, -0.2) is 9.66 Å². The Kier molecular flexibility index (Phi) is 7.90. The van der Waals surface area contributed by atoms with Gasteiger partial charge >= 0.3 is 12.1 Å². The summed E-state index contributed by atoms with van der Waals surface area (Å²) in [5, 5.41) is 3.19. The molecule has 36 heavy (non-hydrogen) atoms. The maximum Gasteiger partial charge on any atom is 0.406 e. The van der Waals surface area contributed by atoms with E-state index in [1.807, 2.05) is 17.8 Å². The van der Waals surface area contributed by atoms with Gasteiger partial charge < -0.3 is 25.1 Å². The number of fused-ring (bicyclic) bond motifs is 2. The van der Waals surface area contributed by atoms with Gasteiger partial charge in [0, 0.05) is 26.1 Å². The van der Waals surface area contributed by atoms with E-state index < -0.39 is 30.5 Å². The van der Waals surface area contributed by atoms with Crippen molar-refractivity contribution in [1.29, 1.82) is 0 Å². The standard InChI is InChI=1S/C24H30F3N5O4/c1-2-8-36-21(33)12-17-10-16-3-4-20(11-18(16)13-31(22(17)34)15-24(25,26)27)35-9-5-19-14-32-23(30-19)28-6-7-29-32/h3-4,11,14,17,29H,2,5-10,12-13,15H2,1H3,(H,28,30)/t17-/m0/s1. The molecule has 0 aliphatic carbocycles. The van der Waals surface area contributed by atoms with Crippen LogP contribution in [0.3, 0.4) is 0 Å². The number of carbonyl (C=O) groups is 2. The van der Waals surface area contributed by atoms with Crippen molar-refractivity contribution in [1.82, 2.24) is 14.6 Å². The lowest BCUT2D eigenvalue weighted by Gasteiger charge is -2.25. The molecule has 0 spiro atoms. The summed E-state index contributed by atoms with van der Waals surface area (Å²) in [6.45, 7) is 2.35. The molecule has 0 bridgehead atoms. The fourth-order valence-corrected chi connectivity index (χ4v) is 4.34. The zero-order chi connectivity index (χ0) is 25.7. The quantitative estimate of drug-likeness (QED) is 0.502. The predicted molar refractivity (Wildman–Crippen MR) is 125 cm³/mol. The second-order valence-corrected chi connectivity index (χ2v) is 8.92. The molecule has 0 saturated carbocycles. The fourth-order valence-electron chi connectivity index (χ4n) is 4.34. The number of hydrogen-bond donors (Lipinski definition) is 2. The number of rotatable bonds is 9. The average Bonchev–Trinajstić information content (AvgIpc) is 3.19. The minimum absolute atomic E-state index is 0.157. The summed E-state index contributed by atoms with van der Waals surface area (Å²) in [5.41, 5.74) is 5.31. The molecule has 2 aliphatic heterocycles. The first-order valence-electron chi connectivity index (χ1n) is 12.0. The lowest BCUT2D eigenvalue weighted by Crippen LogP contribution is -2.41. The van der Waals surface area contributed by atoms with Crippen molar-refractivity contribution < 1.29 is 32.2 Å². The molecule has 1 aromatic heterocycles. The number of carbonyl (C=O) groups excluding carboxylic acids is 2. The van der Waals surface area contributed by atoms with Crippen LogP contribution < -0.4 is 15.5 Å². The minimum Gasteiger partial charge on any atom is -0.493 e. The molecule has 12 heteroatoms. The van der Waals surface area contributed by atoms with E-state index in [2.05, 4.69) is 15.7 Å². The van der Waals surface area contributed by atoms with Crippen molar-refractivity contribution in [2.75, 3.05) is 43.6 Å². The second kappa shape index (κ2) is 11.1. The average molecular weight is 510 g/mol. The first-order chi connectivity index (χ1) is 17.2. The van der Waals surface area contributed by atoms with Crippen LogP contribution in [0.25, 0.3) is 0 Å². The predicted octanol–water partition coefficient (Wildman–Crippen LogP) is 2.88. The number of nitrogens with one attached hydrogen (secondary N) is 2. The molecule has 9 nitrogen and oxygen atoms in total. The molecule has 196 valence electrons. The van der Waals surface area contributed by atoms with E-state index >= 15 is 0 Å². The molecule has 0 saturated heterocycles. The van der Waals surface area contributed by atoms with Crippen molar-refractivity contribution in [3.8, 4) is 5.75 Å². The lowest BCUT2D eigenvalue weighted by molar-refractivity contribution is -0.165. The van der Waals surface area contributed by atoms with Crippen LogP contribution in [-0.4, -0.2) is 65.5 Å². The van der Waals surface area contributed by atoms with Gasteiger partial charge in [-0.2, -0.15) is 13.2 Å². The smallest absolute Gasteiger partial charge is 0.406 e. The summed E-state index contributed by atoms with van der Waals surface area (Å²) in [6.07, 6.45) is -1.62. The number of imidazole rings is 1. The Bertz CT molecular complexity index is 1060. The van der Waals surface area contributed by atoms with Crippen LogP contribution in [0.15, 0.2) is 24.4 Å². The third-order valence-corrected chi connectivity index (χ3v) is 5.99. The topological polar surface area (TPSA) is 97.7 Å².